The van der Waals surface area contributed by atoms with Crippen LogP contribution in [0, 0.1) is 6.92 Å². The van der Waals surface area contributed by atoms with E-state index in [9.17, 15) is 4.79 Å². The molecule has 0 bridgehead atoms. The maximum absolute atomic E-state index is 11.1. The largest absolute Gasteiger partial charge is 0.341 e. The fourth-order valence-electron chi connectivity index (χ4n) is 1.30. The average molecular weight is 221 g/mol. The van der Waals surface area contributed by atoms with Crippen molar-refractivity contribution < 1.29 is 4.79 Å². The summed E-state index contributed by atoms with van der Waals surface area (Å²) >= 11 is 1.47. The summed E-state index contributed by atoms with van der Waals surface area (Å²) in [5.41, 5.74) is 2.07. The van der Waals surface area contributed by atoms with Crippen molar-refractivity contribution in [2.75, 3.05) is 12.4 Å². The number of nitrogens with one attached hydrogen (secondary N) is 2. The SMILES string of the molecule is CNC(=O)Nc1nc2c(C)cccc2s1. The second kappa shape index (κ2) is 3.86. The van der Waals surface area contributed by atoms with Gasteiger partial charge in [0.1, 0.15) is 0 Å². The molecule has 4 nitrogen and oxygen atoms in total. The van der Waals surface area contributed by atoms with Crippen LogP contribution in [-0.2, 0) is 0 Å². The number of nitrogens with zero attached hydrogens (tertiary/aromatic N) is 1. The number of aromatic nitrogens is 1. The van der Waals surface area contributed by atoms with Gasteiger partial charge in [-0.15, -0.1) is 0 Å². The number of fused-ring (bicyclic) bond motifs is 1. The molecule has 2 N–H and O–H groups in total. The highest BCUT2D eigenvalue weighted by molar-refractivity contribution is 7.22. The third-order valence-electron chi connectivity index (χ3n) is 2.07. The van der Waals surface area contributed by atoms with Crippen LogP contribution in [-0.4, -0.2) is 18.1 Å². The number of aryl methyl sites for hydroxylation is 1. The highest BCUT2D eigenvalue weighted by Gasteiger charge is 2.07. The Bertz CT molecular complexity index is 506. The van der Waals surface area contributed by atoms with E-state index in [2.05, 4.69) is 15.6 Å². The van der Waals surface area contributed by atoms with Gasteiger partial charge in [-0.2, -0.15) is 0 Å². The molecule has 1 heterocycles. The number of amides is 2. The van der Waals surface area contributed by atoms with E-state index in [1.807, 2.05) is 25.1 Å². The average Bonchev–Trinajstić information content (AvgIpc) is 2.62. The highest BCUT2D eigenvalue weighted by Crippen LogP contribution is 2.27. The first-order valence-electron chi connectivity index (χ1n) is 4.55. The zero-order chi connectivity index (χ0) is 10.8. The van der Waals surface area contributed by atoms with Crippen LogP contribution in [0.25, 0.3) is 10.2 Å². The molecule has 1 aromatic carbocycles. The van der Waals surface area contributed by atoms with E-state index in [-0.39, 0.29) is 6.03 Å². The number of para-hydroxylation sites is 1. The van der Waals surface area contributed by atoms with Gasteiger partial charge in [-0.1, -0.05) is 23.5 Å². The number of rotatable bonds is 1. The first-order chi connectivity index (χ1) is 7.20. The van der Waals surface area contributed by atoms with Crippen molar-refractivity contribution in [2.24, 2.45) is 0 Å². The van der Waals surface area contributed by atoms with Crippen LogP contribution in [0.15, 0.2) is 18.2 Å². The molecule has 0 spiro atoms. The number of carbonyl (C=O) groups excluding carboxylic acids is 1. The van der Waals surface area contributed by atoms with Gasteiger partial charge in [-0.25, -0.2) is 9.78 Å². The van der Waals surface area contributed by atoms with Crippen molar-refractivity contribution in [1.29, 1.82) is 0 Å². The van der Waals surface area contributed by atoms with Crippen LogP contribution in [0.1, 0.15) is 5.56 Å². The molecule has 5 heteroatoms. The lowest BCUT2D eigenvalue weighted by molar-refractivity contribution is 0.254. The second-order valence-electron chi connectivity index (χ2n) is 3.14. The highest BCUT2D eigenvalue weighted by atomic mass is 32.1. The summed E-state index contributed by atoms with van der Waals surface area (Å²) in [5, 5.41) is 5.78. The number of carbonyl (C=O) groups is 1. The molecule has 0 saturated carbocycles. The zero-order valence-electron chi connectivity index (χ0n) is 8.50. The minimum Gasteiger partial charge on any atom is -0.341 e. The summed E-state index contributed by atoms with van der Waals surface area (Å²) in [6.07, 6.45) is 0. The number of thiazole rings is 1. The Kier molecular flexibility index (Phi) is 2.55. The Morgan fingerprint density at radius 1 is 1.47 bits per heavy atom. The normalized spacial score (nSPS) is 10.3. The predicted molar refractivity (Wildman–Crippen MR) is 62.4 cm³/mol. The Hall–Kier alpha value is -1.62. The molecule has 0 aliphatic heterocycles. The minimum absolute atomic E-state index is 0.244. The first kappa shape index (κ1) is 9.92. The summed E-state index contributed by atoms with van der Waals surface area (Å²) in [6, 6.07) is 5.74. The van der Waals surface area contributed by atoms with E-state index in [1.165, 1.54) is 11.3 Å². The molecule has 0 aliphatic rings. The summed E-state index contributed by atoms with van der Waals surface area (Å²) in [6.45, 7) is 2.01. The molecule has 2 amide bonds. The molecular formula is C10H11N3OS. The van der Waals surface area contributed by atoms with E-state index >= 15 is 0 Å². The van der Waals surface area contributed by atoms with Crippen molar-refractivity contribution in [3.63, 3.8) is 0 Å². The third-order valence-corrected chi connectivity index (χ3v) is 3.00. The van der Waals surface area contributed by atoms with Crippen LogP contribution in [0.5, 0.6) is 0 Å². The first-order valence-corrected chi connectivity index (χ1v) is 5.37. The van der Waals surface area contributed by atoms with Gasteiger partial charge < -0.3 is 5.32 Å². The van der Waals surface area contributed by atoms with E-state index in [4.69, 9.17) is 0 Å². The Morgan fingerprint density at radius 3 is 2.93 bits per heavy atom. The predicted octanol–water partition coefficient (Wildman–Crippen LogP) is 2.36. The molecule has 0 radical (unpaired) electrons. The van der Waals surface area contributed by atoms with Gasteiger partial charge in [-0.3, -0.25) is 5.32 Å². The van der Waals surface area contributed by atoms with Crippen molar-refractivity contribution in [2.45, 2.75) is 6.92 Å². The smallest absolute Gasteiger partial charge is 0.320 e. The number of hydrogen-bond donors (Lipinski definition) is 2. The molecule has 2 rings (SSSR count). The van der Waals surface area contributed by atoms with Crippen LogP contribution < -0.4 is 10.6 Å². The number of hydrogen-bond acceptors (Lipinski definition) is 3. The lowest BCUT2D eigenvalue weighted by atomic mass is 10.2. The molecule has 1 aromatic heterocycles. The quantitative estimate of drug-likeness (QED) is 0.776. The lowest BCUT2D eigenvalue weighted by Gasteiger charge is -1.97. The zero-order valence-corrected chi connectivity index (χ0v) is 9.31. The monoisotopic (exact) mass is 221 g/mol. The van der Waals surface area contributed by atoms with Gasteiger partial charge >= 0.3 is 6.03 Å². The van der Waals surface area contributed by atoms with Gasteiger partial charge in [0.2, 0.25) is 0 Å². The van der Waals surface area contributed by atoms with Crippen LogP contribution in [0.4, 0.5) is 9.93 Å². The molecule has 78 valence electrons. The molecule has 0 fully saturated rings. The van der Waals surface area contributed by atoms with Crippen LogP contribution in [0.2, 0.25) is 0 Å². The molecular weight excluding hydrogens is 210 g/mol. The lowest BCUT2D eigenvalue weighted by Crippen LogP contribution is -2.24. The molecule has 0 unspecified atom stereocenters. The maximum atomic E-state index is 11.1. The van der Waals surface area contributed by atoms with Crippen molar-refractivity contribution in [1.82, 2.24) is 10.3 Å². The summed E-state index contributed by atoms with van der Waals surface area (Å²) in [4.78, 5) is 15.4. The van der Waals surface area contributed by atoms with Gasteiger partial charge in [0.15, 0.2) is 5.13 Å². The molecule has 15 heavy (non-hydrogen) atoms. The Balaban J connectivity index is 2.39. The molecule has 0 saturated heterocycles. The minimum atomic E-state index is -0.244. The van der Waals surface area contributed by atoms with E-state index in [0.717, 1.165) is 15.8 Å². The molecule has 2 aromatic rings. The van der Waals surface area contributed by atoms with E-state index in [0.29, 0.717) is 5.13 Å². The van der Waals surface area contributed by atoms with Crippen LogP contribution >= 0.6 is 11.3 Å². The number of anilines is 1. The third kappa shape index (κ3) is 1.92. The van der Waals surface area contributed by atoms with Crippen molar-refractivity contribution in [3.05, 3.63) is 23.8 Å². The summed E-state index contributed by atoms with van der Waals surface area (Å²) in [5.74, 6) is 0. The standard InChI is InChI=1S/C10H11N3OS/c1-6-4-3-5-7-8(6)12-10(15-7)13-9(14)11-2/h3-5H,1-2H3,(H2,11,12,13,14). The van der Waals surface area contributed by atoms with Gasteiger partial charge in [0.05, 0.1) is 10.2 Å². The Labute approximate surface area is 91.3 Å². The number of benzene rings is 1. The van der Waals surface area contributed by atoms with Gasteiger partial charge in [0.25, 0.3) is 0 Å². The van der Waals surface area contributed by atoms with E-state index < -0.39 is 0 Å². The Morgan fingerprint density at radius 2 is 2.27 bits per heavy atom. The van der Waals surface area contributed by atoms with Crippen LogP contribution in [0.3, 0.4) is 0 Å². The number of urea groups is 1. The maximum Gasteiger partial charge on any atom is 0.320 e. The van der Waals surface area contributed by atoms with E-state index in [1.54, 1.807) is 7.05 Å². The van der Waals surface area contributed by atoms with Gasteiger partial charge in [0, 0.05) is 7.05 Å². The topological polar surface area (TPSA) is 54.0 Å². The van der Waals surface area contributed by atoms with Crippen molar-refractivity contribution >= 4 is 32.7 Å². The van der Waals surface area contributed by atoms with Gasteiger partial charge in [-0.05, 0) is 18.6 Å². The fourth-order valence-corrected chi connectivity index (χ4v) is 2.24. The summed E-state index contributed by atoms with van der Waals surface area (Å²) < 4.78 is 1.08. The van der Waals surface area contributed by atoms with Crippen molar-refractivity contribution in [3.8, 4) is 0 Å². The second-order valence-corrected chi connectivity index (χ2v) is 4.18. The summed E-state index contributed by atoms with van der Waals surface area (Å²) in [7, 11) is 1.58. The fraction of sp³-hybridized carbons (Fsp3) is 0.200. The molecule has 0 aliphatic carbocycles. The molecule has 0 atom stereocenters.